The Morgan fingerprint density at radius 1 is 1.03 bits per heavy atom. The first-order valence-corrected chi connectivity index (χ1v) is 10.9. The number of carboxylic acids is 1. The number of nitrogens with zero attached hydrogens (tertiary/aromatic N) is 1. The summed E-state index contributed by atoms with van der Waals surface area (Å²) in [7, 11) is 0. The molecule has 0 radical (unpaired) electrons. The number of carbonyl (C=O) groups excluding carboxylic acids is 2. The van der Waals surface area contributed by atoms with Crippen molar-refractivity contribution in [1.82, 2.24) is 10.3 Å². The van der Waals surface area contributed by atoms with Gasteiger partial charge in [0.2, 0.25) is 0 Å². The summed E-state index contributed by atoms with van der Waals surface area (Å²) in [5, 5.41) is 19.7. The molecule has 166 valence electrons. The lowest BCUT2D eigenvalue weighted by Crippen LogP contribution is -2.44. The van der Waals surface area contributed by atoms with Crippen molar-refractivity contribution in [3.05, 3.63) is 64.6 Å². The number of amides is 3. The van der Waals surface area contributed by atoms with E-state index in [1.807, 2.05) is 0 Å². The van der Waals surface area contributed by atoms with Crippen molar-refractivity contribution in [3.8, 4) is 10.6 Å². The third-order valence-electron chi connectivity index (χ3n) is 4.47. The fraction of sp³-hybridized carbons (Fsp3) is 0.182. The molecular formula is C22H21ClN4O4S. The van der Waals surface area contributed by atoms with Crippen LogP contribution in [0.15, 0.2) is 53.9 Å². The van der Waals surface area contributed by atoms with Gasteiger partial charge in [0.1, 0.15) is 16.7 Å². The number of benzene rings is 2. The molecular weight excluding hydrogens is 452 g/mol. The number of rotatable bonds is 7. The third-order valence-corrected chi connectivity index (χ3v) is 5.69. The summed E-state index contributed by atoms with van der Waals surface area (Å²) in [6.07, 6.45) is 0. The van der Waals surface area contributed by atoms with E-state index < -0.39 is 23.9 Å². The monoisotopic (exact) mass is 472 g/mol. The van der Waals surface area contributed by atoms with Crippen LogP contribution in [0.5, 0.6) is 0 Å². The molecule has 3 amide bonds. The summed E-state index contributed by atoms with van der Waals surface area (Å²) in [5.74, 6) is -1.89. The Kier molecular flexibility index (Phi) is 7.45. The molecule has 1 unspecified atom stereocenters. The SMILES string of the molecule is CC(C)C(NC(=O)c1csc(-c2ccc(NC(=O)Nc3ccccc3Cl)cc2)n1)C(=O)O. The molecule has 0 saturated heterocycles. The maximum atomic E-state index is 12.4. The molecule has 32 heavy (non-hydrogen) atoms. The van der Waals surface area contributed by atoms with Gasteiger partial charge in [0, 0.05) is 16.6 Å². The summed E-state index contributed by atoms with van der Waals surface area (Å²) >= 11 is 7.30. The molecule has 0 fully saturated rings. The number of nitrogens with one attached hydrogen (secondary N) is 3. The molecule has 0 aliphatic rings. The average molecular weight is 473 g/mol. The third kappa shape index (κ3) is 5.83. The first-order chi connectivity index (χ1) is 15.2. The maximum Gasteiger partial charge on any atom is 0.326 e. The largest absolute Gasteiger partial charge is 0.480 e. The van der Waals surface area contributed by atoms with Crippen molar-refractivity contribution < 1.29 is 19.5 Å². The van der Waals surface area contributed by atoms with Gasteiger partial charge in [-0.3, -0.25) is 4.79 Å². The number of aromatic nitrogens is 1. The number of urea groups is 1. The van der Waals surface area contributed by atoms with Crippen LogP contribution in [0, 0.1) is 5.92 Å². The molecule has 1 heterocycles. The zero-order valence-corrected chi connectivity index (χ0v) is 18.8. The van der Waals surface area contributed by atoms with Crippen molar-refractivity contribution in [3.63, 3.8) is 0 Å². The molecule has 1 atom stereocenters. The number of carbonyl (C=O) groups is 3. The molecule has 0 aliphatic heterocycles. The van der Waals surface area contributed by atoms with Crippen LogP contribution in [-0.4, -0.2) is 34.0 Å². The fourth-order valence-electron chi connectivity index (χ4n) is 2.78. The van der Waals surface area contributed by atoms with Crippen LogP contribution >= 0.6 is 22.9 Å². The summed E-state index contributed by atoms with van der Waals surface area (Å²) in [6, 6.07) is 12.4. The van der Waals surface area contributed by atoms with Gasteiger partial charge in [0.05, 0.1) is 10.7 Å². The second-order valence-corrected chi connectivity index (χ2v) is 8.47. The van der Waals surface area contributed by atoms with Crippen LogP contribution in [0.2, 0.25) is 5.02 Å². The molecule has 10 heteroatoms. The summed E-state index contributed by atoms with van der Waals surface area (Å²) < 4.78 is 0. The minimum Gasteiger partial charge on any atom is -0.480 e. The molecule has 8 nitrogen and oxygen atoms in total. The minimum atomic E-state index is -1.09. The number of halogens is 1. The maximum absolute atomic E-state index is 12.4. The Labute approximate surface area is 193 Å². The van der Waals surface area contributed by atoms with Gasteiger partial charge >= 0.3 is 12.0 Å². The molecule has 2 aromatic carbocycles. The van der Waals surface area contributed by atoms with E-state index >= 15 is 0 Å². The topological polar surface area (TPSA) is 120 Å². The van der Waals surface area contributed by atoms with E-state index in [2.05, 4.69) is 20.9 Å². The Morgan fingerprint density at radius 2 is 1.72 bits per heavy atom. The van der Waals surface area contributed by atoms with Gasteiger partial charge in [-0.2, -0.15) is 0 Å². The van der Waals surface area contributed by atoms with E-state index in [-0.39, 0.29) is 11.6 Å². The Bertz CT molecular complexity index is 1130. The number of thiazole rings is 1. The van der Waals surface area contributed by atoms with E-state index in [4.69, 9.17) is 11.6 Å². The van der Waals surface area contributed by atoms with Gasteiger partial charge in [0.25, 0.3) is 5.91 Å². The molecule has 1 aromatic heterocycles. The average Bonchev–Trinajstić information content (AvgIpc) is 3.24. The highest BCUT2D eigenvalue weighted by Gasteiger charge is 2.25. The van der Waals surface area contributed by atoms with Crippen LogP contribution in [0.1, 0.15) is 24.3 Å². The molecule has 0 saturated carbocycles. The van der Waals surface area contributed by atoms with Crippen LogP contribution in [0.25, 0.3) is 10.6 Å². The van der Waals surface area contributed by atoms with Gasteiger partial charge in [0.15, 0.2) is 0 Å². The van der Waals surface area contributed by atoms with Gasteiger partial charge in [-0.15, -0.1) is 11.3 Å². The Balaban J connectivity index is 1.63. The van der Waals surface area contributed by atoms with E-state index in [1.165, 1.54) is 11.3 Å². The Hall–Kier alpha value is -3.43. The first kappa shape index (κ1) is 23.2. The molecule has 0 bridgehead atoms. The molecule has 3 aromatic rings. The number of para-hydroxylation sites is 1. The van der Waals surface area contributed by atoms with Crippen LogP contribution in [-0.2, 0) is 4.79 Å². The quantitative estimate of drug-likeness (QED) is 0.388. The number of aliphatic carboxylic acids is 1. The normalized spacial score (nSPS) is 11.6. The van der Waals surface area contributed by atoms with Crippen LogP contribution in [0.4, 0.5) is 16.2 Å². The lowest BCUT2D eigenvalue weighted by molar-refractivity contribution is -0.140. The summed E-state index contributed by atoms with van der Waals surface area (Å²) in [6.45, 7) is 3.44. The van der Waals surface area contributed by atoms with Crippen LogP contribution < -0.4 is 16.0 Å². The second-order valence-electron chi connectivity index (χ2n) is 7.21. The van der Waals surface area contributed by atoms with Crippen molar-refractivity contribution in [2.24, 2.45) is 5.92 Å². The van der Waals surface area contributed by atoms with E-state index in [0.29, 0.717) is 21.4 Å². The number of hydrogen-bond donors (Lipinski definition) is 4. The van der Waals surface area contributed by atoms with E-state index in [0.717, 1.165) is 5.56 Å². The number of anilines is 2. The zero-order chi connectivity index (χ0) is 23.3. The van der Waals surface area contributed by atoms with E-state index in [1.54, 1.807) is 67.8 Å². The highest BCUT2D eigenvalue weighted by atomic mass is 35.5. The molecule has 4 N–H and O–H groups in total. The smallest absolute Gasteiger partial charge is 0.326 e. The molecule has 0 spiro atoms. The minimum absolute atomic E-state index is 0.151. The zero-order valence-electron chi connectivity index (χ0n) is 17.3. The van der Waals surface area contributed by atoms with Crippen molar-refractivity contribution >= 4 is 52.2 Å². The van der Waals surface area contributed by atoms with Gasteiger partial charge < -0.3 is 21.1 Å². The first-order valence-electron chi connectivity index (χ1n) is 9.66. The highest BCUT2D eigenvalue weighted by molar-refractivity contribution is 7.13. The van der Waals surface area contributed by atoms with Crippen molar-refractivity contribution in [2.45, 2.75) is 19.9 Å². The number of carboxylic acid groups (broad SMARTS) is 1. The predicted molar refractivity (Wildman–Crippen MR) is 125 cm³/mol. The highest BCUT2D eigenvalue weighted by Crippen LogP contribution is 2.26. The van der Waals surface area contributed by atoms with Crippen molar-refractivity contribution in [2.75, 3.05) is 10.6 Å². The molecule has 3 rings (SSSR count). The lowest BCUT2D eigenvalue weighted by Gasteiger charge is -2.16. The number of hydrogen-bond acceptors (Lipinski definition) is 5. The fourth-order valence-corrected chi connectivity index (χ4v) is 3.77. The van der Waals surface area contributed by atoms with Crippen LogP contribution in [0.3, 0.4) is 0 Å². The van der Waals surface area contributed by atoms with E-state index in [9.17, 15) is 19.5 Å². The van der Waals surface area contributed by atoms with Crippen molar-refractivity contribution in [1.29, 1.82) is 0 Å². The standard InChI is InChI=1S/C22H21ClN4O4S/c1-12(2)18(21(29)30)27-19(28)17-11-32-20(25-17)13-7-9-14(10-8-13)24-22(31)26-16-6-4-3-5-15(16)23/h3-12,18H,1-2H3,(H,27,28)(H,29,30)(H2,24,26,31). The van der Waals surface area contributed by atoms with Gasteiger partial charge in [-0.1, -0.05) is 37.6 Å². The molecule has 0 aliphatic carbocycles. The Morgan fingerprint density at radius 3 is 2.34 bits per heavy atom. The summed E-state index contributed by atoms with van der Waals surface area (Å²) in [5.41, 5.74) is 1.97. The summed E-state index contributed by atoms with van der Waals surface area (Å²) in [4.78, 5) is 40.1. The predicted octanol–water partition coefficient (Wildman–Crippen LogP) is 4.95. The lowest BCUT2D eigenvalue weighted by atomic mass is 10.0. The van der Waals surface area contributed by atoms with Gasteiger partial charge in [-0.05, 0) is 42.3 Å². The van der Waals surface area contributed by atoms with Gasteiger partial charge in [-0.25, -0.2) is 14.6 Å². The second kappa shape index (κ2) is 10.3.